The third kappa shape index (κ3) is 3.21. The molecule has 1 aromatic carbocycles. The predicted molar refractivity (Wildman–Crippen MR) is 81.7 cm³/mol. The van der Waals surface area contributed by atoms with Crippen molar-refractivity contribution in [2.75, 3.05) is 0 Å². The molecule has 2 rings (SSSR count). The van der Waals surface area contributed by atoms with Gasteiger partial charge in [0.15, 0.2) is 0 Å². The Kier molecular flexibility index (Phi) is 4.57. The van der Waals surface area contributed by atoms with Crippen LogP contribution in [0.15, 0.2) is 18.2 Å². The molecule has 0 saturated heterocycles. The molecular formula is C16H20ClNO3. The molecule has 1 saturated carbocycles. The summed E-state index contributed by atoms with van der Waals surface area (Å²) in [6, 6.07) is 4.76. The van der Waals surface area contributed by atoms with Crippen LogP contribution in [-0.2, 0) is 4.79 Å². The van der Waals surface area contributed by atoms with Gasteiger partial charge in [-0.25, -0.2) is 0 Å². The number of carbonyl (C=O) groups is 2. The lowest BCUT2D eigenvalue weighted by atomic mass is 9.71. The average molecular weight is 310 g/mol. The standard InChI is InChI=1S/C16H20ClNO3/c1-10-6-7-11(9-12(10)17)14(19)18-13-5-3-4-8-16(13,2)15(20)21/h6-7,9,13H,3-5,8H2,1-2H3,(H,18,19)(H,20,21). The number of rotatable bonds is 3. The molecule has 4 nitrogen and oxygen atoms in total. The summed E-state index contributed by atoms with van der Waals surface area (Å²) in [6.07, 6.45) is 3.09. The van der Waals surface area contributed by atoms with Gasteiger partial charge in [0.1, 0.15) is 0 Å². The van der Waals surface area contributed by atoms with E-state index in [2.05, 4.69) is 5.32 Å². The maximum Gasteiger partial charge on any atom is 0.311 e. The Balaban J connectivity index is 2.17. The normalized spacial score (nSPS) is 25.4. The Morgan fingerprint density at radius 2 is 2.10 bits per heavy atom. The van der Waals surface area contributed by atoms with Gasteiger partial charge in [-0.2, -0.15) is 0 Å². The van der Waals surface area contributed by atoms with Crippen LogP contribution < -0.4 is 5.32 Å². The molecule has 0 heterocycles. The highest BCUT2D eigenvalue weighted by Gasteiger charge is 2.43. The van der Waals surface area contributed by atoms with Gasteiger partial charge in [-0.3, -0.25) is 9.59 Å². The number of benzene rings is 1. The van der Waals surface area contributed by atoms with Gasteiger partial charge in [0, 0.05) is 16.6 Å². The molecule has 0 radical (unpaired) electrons. The Labute approximate surface area is 129 Å². The van der Waals surface area contributed by atoms with Crippen LogP contribution in [0.2, 0.25) is 5.02 Å². The third-order valence-corrected chi connectivity index (χ3v) is 4.84. The highest BCUT2D eigenvalue weighted by Crippen LogP contribution is 2.36. The number of carboxylic acids is 1. The van der Waals surface area contributed by atoms with Gasteiger partial charge in [0.25, 0.3) is 5.91 Å². The minimum Gasteiger partial charge on any atom is -0.481 e. The van der Waals surface area contributed by atoms with Crippen molar-refractivity contribution >= 4 is 23.5 Å². The van der Waals surface area contributed by atoms with Crippen LogP contribution in [0.1, 0.15) is 48.5 Å². The molecule has 1 aromatic rings. The van der Waals surface area contributed by atoms with E-state index >= 15 is 0 Å². The monoisotopic (exact) mass is 309 g/mol. The molecule has 2 atom stereocenters. The fourth-order valence-corrected chi connectivity index (χ4v) is 2.98. The van der Waals surface area contributed by atoms with Crippen molar-refractivity contribution < 1.29 is 14.7 Å². The van der Waals surface area contributed by atoms with Gasteiger partial charge in [-0.05, 0) is 44.4 Å². The van der Waals surface area contributed by atoms with Gasteiger partial charge in [0.05, 0.1) is 5.41 Å². The van der Waals surface area contributed by atoms with Gasteiger partial charge in [-0.15, -0.1) is 0 Å². The van der Waals surface area contributed by atoms with Crippen molar-refractivity contribution in [2.45, 2.75) is 45.6 Å². The lowest BCUT2D eigenvalue weighted by Crippen LogP contribution is -2.52. The zero-order chi connectivity index (χ0) is 15.6. The first kappa shape index (κ1) is 15.8. The number of aryl methyl sites for hydroxylation is 1. The number of nitrogens with one attached hydrogen (secondary N) is 1. The topological polar surface area (TPSA) is 66.4 Å². The average Bonchev–Trinajstić information content (AvgIpc) is 2.44. The van der Waals surface area contributed by atoms with Crippen molar-refractivity contribution in [1.82, 2.24) is 5.32 Å². The van der Waals surface area contributed by atoms with Gasteiger partial charge < -0.3 is 10.4 Å². The van der Waals surface area contributed by atoms with Crippen LogP contribution in [0.3, 0.4) is 0 Å². The second-order valence-corrected chi connectivity index (χ2v) is 6.37. The van der Waals surface area contributed by atoms with E-state index in [1.165, 1.54) is 0 Å². The maximum absolute atomic E-state index is 12.3. The van der Waals surface area contributed by atoms with Gasteiger partial charge in [0.2, 0.25) is 0 Å². The van der Waals surface area contributed by atoms with Crippen LogP contribution in [0, 0.1) is 12.3 Å². The molecule has 0 spiro atoms. The van der Waals surface area contributed by atoms with E-state index in [1.807, 2.05) is 6.92 Å². The molecule has 0 aliphatic heterocycles. The second-order valence-electron chi connectivity index (χ2n) is 5.96. The number of halogens is 1. The Morgan fingerprint density at radius 1 is 1.38 bits per heavy atom. The minimum atomic E-state index is -0.900. The van der Waals surface area contributed by atoms with E-state index in [-0.39, 0.29) is 11.9 Å². The quantitative estimate of drug-likeness (QED) is 0.899. The van der Waals surface area contributed by atoms with Crippen LogP contribution in [0.4, 0.5) is 0 Å². The lowest BCUT2D eigenvalue weighted by Gasteiger charge is -2.38. The molecule has 5 heteroatoms. The summed E-state index contributed by atoms with van der Waals surface area (Å²) in [5.41, 5.74) is 0.466. The summed E-state index contributed by atoms with van der Waals surface area (Å²) in [5.74, 6) is -1.12. The highest BCUT2D eigenvalue weighted by molar-refractivity contribution is 6.31. The smallest absolute Gasteiger partial charge is 0.311 e. The van der Waals surface area contributed by atoms with E-state index in [0.717, 1.165) is 18.4 Å². The van der Waals surface area contributed by atoms with Crippen LogP contribution in [-0.4, -0.2) is 23.0 Å². The summed E-state index contributed by atoms with van der Waals surface area (Å²) < 4.78 is 0. The fourth-order valence-electron chi connectivity index (χ4n) is 2.80. The predicted octanol–water partition coefficient (Wildman–Crippen LogP) is 3.41. The summed E-state index contributed by atoms with van der Waals surface area (Å²) in [5, 5.41) is 12.9. The first-order valence-electron chi connectivity index (χ1n) is 7.15. The lowest BCUT2D eigenvalue weighted by molar-refractivity contribution is -0.151. The summed E-state index contributed by atoms with van der Waals surface area (Å²) in [6.45, 7) is 3.58. The van der Waals surface area contributed by atoms with Crippen LogP contribution >= 0.6 is 11.6 Å². The first-order chi connectivity index (χ1) is 9.84. The van der Waals surface area contributed by atoms with E-state index < -0.39 is 11.4 Å². The number of carboxylic acid groups (broad SMARTS) is 1. The summed E-state index contributed by atoms with van der Waals surface area (Å²) in [7, 11) is 0. The molecular weight excluding hydrogens is 290 g/mol. The van der Waals surface area contributed by atoms with Crippen LogP contribution in [0.5, 0.6) is 0 Å². The summed E-state index contributed by atoms with van der Waals surface area (Å²) >= 11 is 6.03. The number of amides is 1. The number of hydrogen-bond acceptors (Lipinski definition) is 2. The fraction of sp³-hybridized carbons (Fsp3) is 0.500. The Bertz CT molecular complexity index is 573. The molecule has 2 unspecified atom stereocenters. The number of carbonyl (C=O) groups excluding carboxylic acids is 1. The second kappa shape index (κ2) is 6.06. The first-order valence-corrected chi connectivity index (χ1v) is 7.53. The van der Waals surface area contributed by atoms with Crippen molar-refractivity contribution in [3.8, 4) is 0 Å². The molecule has 2 N–H and O–H groups in total. The molecule has 1 aliphatic carbocycles. The van der Waals surface area contributed by atoms with Gasteiger partial charge in [-0.1, -0.05) is 30.5 Å². The molecule has 0 bridgehead atoms. The SMILES string of the molecule is Cc1ccc(C(=O)NC2CCCCC2(C)C(=O)O)cc1Cl. The third-order valence-electron chi connectivity index (χ3n) is 4.44. The summed E-state index contributed by atoms with van der Waals surface area (Å²) in [4.78, 5) is 23.9. The molecule has 1 amide bonds. The highest BCUT2D eigenvalue weighted by atomic mass is 35.5. The van der Waals surface area contributed by atoms with Crippen molar-refractivity contribution in [1.29, 1.82) is 0 Å². The number of hydrogen-bond donors (Lipinski definition) is 2. The van der Waals surface area contributed by atoms with Crippen molar-refractivity contribution in [3.63, 3.8) is 0 Å². The van der Waals surface area contributed by atoms with E-state index in [0.29, 0.717) is 23.4 Å². The molecule has 1 aliphatic rings. The Morgan fingerprint density at radius 3 is 2.71 bits per heavy atom. The zero-order valence-electron chi connectivity index (χ0n) is 12.3. The van der Waals surface area contributed by atoms with Crippen LogP contribution in [0.25, 0.3) is 0 Å². The molecule has 21 heavy (non-hydrogen) atoms. The van der Waals surface area contributed by atoms with E-state index in [4.69, 9.17) is 11.6 Å². The molecule has 1 fully saturated rings. The molecule has 114 valence electrons. The maximum atomic E-state index is 12.3. The Hall–Kier alpha value is -1.55. The zero-order valence-corrected chi connectivity index (χ0v) is 13.0. The minimum absolute atomic E-state index is 0.267. The largest absolute Gasteiger partial charge is 0.481 e. The number of aliphatic carboxylic acids is 1. The van der Waals surface area contributed by atoms with Gasteiger partial charge >= 0.3 is 5.97 Å². The van der Waals surface area contributed by atoms with E-state index in [9.17, 15) is 14.7 Å². The molecule has 0 aromatic heterocycles. The van der Waals surface area contributed by atoms with Crippen molar-refractivity contribution in [2.24, 2.45) is 5.41 Å². The van der Waals surface area contributed by atoms with Crippen molar-refractivity contribution in [3.05, 3.63) is 34.3 Å². The van der Waals surface area contributed by atoms with E-state index in [1.54, 1.807) is 25.1 Å².